The lowest BCUT2D eigenvalue weighted by Gasteiger charge is -2.20. The minimum atomic E-state index is -3.26. The molecule has 0 atom stereocenters. The molecule has 0 bridgehead atoms. The van der Waals surface area contributed by atoms with Crippen molar-refractivity contribution in [1.82, 2.24) is 4.31 Å². The Bertz CT molecular complexity index is 981. The van der Waals surface area contributed by atoms with E-state index in [0.29, 0.717) is 19.5 Å². The smallest absolute Gasteiger partial charge is 0.212 e. The molecular weight excluding hydrogens is 318 g/mol. The molecule has 0 unspecified atom stereocenters. The zero-order valence-corrected chi connectivity index (χ0v) is 14.2. The summed E-state index contributed by atoms with van der Waals surface area (Å²) in [6, 6.07) is 22.2. The topological polar surface area (TPSA) is 37.4 Å². The summed E-state index contributed by atoms with van der Waals surface area (Å²) in [4.78, 5) is 0. The third-order valence-corrected chi connectivity index (χ3v) is 6.45. The zero-order chi connectivity index (χ0) is 16.6. The molecule has 0 amide bonds. The van der Waals surface area contributed by atoms with Gasteiger partial charge >= 0.3 is 0 Å². The van der Waals surface area contributed by atoms with Gasteiger partial charge in [-0.2, -0.15) is 4.31 Å². The molecule has 0 saturated heterocycles. The standard InChI is InChI=1S/C20H19NO2S/c22-24(23)13-12-20-18(11-10-17-8-4-5-9-19(17)20)15-21(24)14-16-6-2-1-3-7-16/h1-11H,12-15H2. The van der Waals surface area contributed by atoms with E-state index in [1.54, 1.807) is 4.31 Å². The Kier molecular flexibility index (Phi) is 3.87. The van der Waals surface area contributed by atoms with Gasteiger partial charge in [0.1, 0.15) is 0 Å². The molecule has 4 rings (SSSR count). The lowest BCUT2D eigenvalue weighted by Crippen LogP contribution is -2.30. The fraction of sp³-hybridized carbons (Fsp3) is 0.200. The van der Waals surface area contributed by atoms with E-state index in [0.717, 1.165) is 11.1 Å². The van der Waals surface area contributed by atoms with E-state index >= 15 is 0 Å². The summed E-state index contributed by atoms with van der Waals surface area (Å²) in [5, 5.41) is 2.34. The molecule has 0 saturated carbocycles. The molecule has 3 nitrogen and oxygen atoms in total. The number of benzene rings is 3. The molecule has 24 heavy (non-hydrogen) atoms. The Hall–Kier alpha value is -2.17. The van der Waals surface area contributed by atoms with Gasteiger partial charge in [0.2, 0.25) is 10.0 Å². The molecular formula is C20H19NO2S. The van der Waals surface area contributed by atoms with Crippen LogP contribution < -0.4 is 0 Å². The molecule has 3 aromatic rings. The lowest BCUT2D eigenvalue weighted by molar-refractivity contribution is 0.405. The maximum absolute atomic E-state index is 12.7. The Labute approximate surface area is 142 Å². The van der Waals surface area contributed by atoms with Crippen molar-refractivity contribution in [2.75, 3.05) is 5.75 Å². The number of hydrogen-bond donors (Lipinski definition) is 0. The number of rotatable bonds is 2. The fourth-order valence-corrected chi connectivity index (χ4v) is 4.82. The van der Waals surface area contributed by atoms with Crippen LogP contribution in [-0.4, -0.2) is 18.5 Å². The summed E-state index contributed by atoms with van der Waals surface area (Å²) in [5.41, 5.74) is 3.31. The molecule has 0 spiro atoms. The normalized spacial score (nSPS) is 17.3. The minimum Gasteiger partial charge on any atom is -0.212 e. The van der Waals surface area contributed by atoms with Crippen LogP contribution in [-0.2, 0) is 29.5 Å². The van der Waals surface area contributed by atoms with Crippen LogP contribution in [0.3, 0.4) is 0 Å². The van der Waals surface area contributed by atoms with E-state index in [2.05, 4.69) is 24.3 Å². The van der Waals surface area contributed by atoms with Crippen molar-refractivity contribution in [3.8, 4) is 0 Å². The van der Waals surface area contributed by atoms with Gasteiger partial charge in [-0.3, -0.25) is 0 Å². The van der Waals surface area contributed by atoms with Crippen LogP contribution in [0.4, 0.5) is 0 Å². The minimum absolute atomic E-state index is 0.168. The van der Waals surface area contributed by atoms with Crippen LogP contribution >= 0.6 is 0 Å². The first-order valence-electron chi connectivity index (χ1n) is 8.15. The second kappa shape index (κ2) is 6.04. The SMILES string of the molecule is O=S1(=O)CCc2c(ccc3ccccc23)CN1Cc1ccccc1. The van der Waals surface area contributed by atoms with Crippen molar-refractivity contribution in [1.29, 1.82) is 0 Å². The van der Waals surface area contributed by atoms with Crippen molar-refractivity contribution in [3.63, 3.8) is 0 Å². The summed E-state index contributed by atoms with van der Waals surface area (Å²) < 4.78 is 27.1. The molecule has 3 aromatic carbocycles. The van der Waals surface area contributed by atoms with Crippen LogP contribution in [0, 0.1) is 0 Å². The predicted molar refractivity (Wildman–Crippen MR) is 97.1 cm³/mol. The number of nitrogens with zero attached hydrogens (tertiary/aromatic N) is 1. The van der Waals surface area contributed by atoms with Crippen LogP contribution in [0.1, 0.15) is 16.7 Å². The molecule has 0 N–H and O–H groups in total. The van der Waals surface area contributed by atoms with E-state index in [1.807, 2.05) is 42.5 Å². The molecule has 4 heteroatoms. The maximum atomic E-state index is 12.7. The first kappa shape index (κ1) is 15.4. The van der Waals surface area contributed by atoms with Gasteiger partial charge in [0.25, 0.3) is 0 Å². The zero-order valence-electron chi connectivity index (χ0n) is 13.4. The van der Waals surface area contributed by atoms with Crippen LogP contribution in [0.2, 0.25) is 0 Å². The third-order valence-electron chi connectivity index (χ3n) is 4.69. The van der Waals surface area contributed by atoms with Gasteiger partial charge in [0.15, 0.2) is 0 Å². The summed E-state index contributed by atoms with van der Waals surface area (Å²) >= 11 is 0. The lowest BCUT2D eigenvalue weighted by atomic mass is 9.97. The van der Waals surface area contributed by atoms with Crippen molar-refractivity contribution < 1.29 is 8.42 Å². The Morgan fingerprint density at radius 1 is 0.875 bits per heavy atom. The van der Waals surface area contributed by atoms with Crippen molar-refractivity contribution in [2.24, 2.45) is 0 Å². The molecule has 0 aliphatic carbocycles. The molecule has 1 aliphatic rings. The number of fused-ring (bicyclic) bond motifs is 3. The highest BCUT2D eigenvalue weighted by molar-refractivity contribution is 7.89. The van der Waals surface area contributed by atoms with Crippen molar-refractivity contribution in [2.45, 2.75) is 19.5 Å². The van der Waals surface area contributed by atoms with Gasteiger partial charge in [0, 0.05) is 13.1 Å². The quantitative estimate of drug-likeness (QED) is 0.714. The maximum Gasteiger partial charge on any atom is 0.215 e. The summed E-state index contributed by atoms with van der Waals surface area (Å²) in [7, 11) is -3.26. The fourth-order valence-electron chi connectivity index (χ4n) is 3.41. The summed E-state index contributed by atoms with van der Waals surface area (Å²) in [5.74, 6) is 0.168. The monoisotopic (exact) mass is 337 g/mol. The predicted octanol–water partition coefficient (Wildman–Crippen LogP) is 3.73. The van der Waals surface area contributed by atoms with Crippen LogP contribution in [0.5, 0.6) is 0 Å². The van der Waals surface area contributed by atoms with E-state index in [9.17, 15) is 8.42 Å². The molecule has 0 fully saturated rings. The van der Waals surface area contributed by atoms with Gasteiger partial charge in [0.05, 0.1) is 5.75 Å². The van der Waals surface area contributed by atoms with Crippen LogP contribution in [0.15, 0.2) is 66.7 Å². The molecule has 0 radical (unpaired) electrons. The van der Waals surface area contributed by atoms with E-state index in [1.165, 1.54) is 16.3 Å². The van der Waals surface area contributed by atoms with E-state index in [4.69, 9.17) is 0 Å². The number of aryl methyl sites for hydroxylation is 1. The van der Waals surface area contributed by atoms with Crippen molar-refractivity contribution in [3.05, 3.63) is 83.4 Å². The number of hydrogen-bond acceptors (Lipinski definition) is 2. The van der Waals surface area contributed by atoms with Gasteiger partial charge in [-0.15, -0.1) is 0 Å². The summed E-state index contributed by atoms with van der Waals surface area (Å²) in [6.07, 6.45) is 0.574. The van der Waals surface area contributed by atoms with Crippen LogP contribution in [0.25, 0.3) is 10.8 Å². The Morgan fingerprint density at radius 3 is 2.46 bits per heavy atom. The highest BCUT2D eigenvalue weighted by Crippen LogP contribution is 2.29. The highest BCUT2D eigenvalue weighted by Gasteiger charge is 2.27. The number of sulfonamides is 1. The molecule has 0 aromatic heterocycles. The first-order valence-corrected chi connectivity index (χ1v) is 9.76. The Morgan fingerprint density at radius 2 is 1.62 bits per heavy atom. The average molecular weight is 337 g/mol. The molecule has 122 valence electrons. The third kappa shape index (κ3) is 2.83. The highest BCUT2D eigenvalue weighted by atomic mass is 32.2. The average Bonchev–Trinajstić information content (AvgIpc) is 2.73. The van der Waals surface area contributed by atoms with Crippen molar-refractivity contribution >= 4 is 20.8 Å². The molecule has 1 heterocycles. The molecule has 1 aliphatic heterocycles. The Balaban J connectivity index is 1.76. The summed E-state index contributed by atoms with van der Waals surface area (Å²) in [6.45, 7) is 0.868. The second-order valence-corrected chi connectivity index (χ2v) is 8.33. The first-order chi connectivity index (χ1) is 11.6. The largest absolute Gasteiger partial charge is 0.215 e. The van der Waals surface area contributed by atoms with E-state index in [-0.39, 0.29) is 5.75 Å². The van der Waals surface area contributed by atoms with Gasteiger partial charge in [-0.25, -0.2) is 8.42 Å². The van der Waals surface area contributed by atoms with Gasteiger partial charge < -0.3 is 0 Å². The van der Waals surface area contributed by atoms with E-state index < -0.39 is 10.0 Å². The van der Waals surface area contributed by atoms with Gasteiger partial charge in [-0.05, 0) is 33.9 Å². The second-order valence-electron chi connectivity index (χ2n) is 6.24. The van der Waals surface area contributed by atoms with Gasteiger partial charge in [-0.1, -0.05) is 66.7 Å².